The second-order valence-corrected chi connectivity index (χ2v) is 9.12. The Morgan fingerprint density at radius 2 is 1.57 bits per heavy atom. The maximum Gasteiger partial charge on any atom is 0.240 e. The first-order chi connectivity index (χ1) is 14.4. The number of nitrogens with one attached hydrogen (secondary N) is 1. The maximum atomic E-state index is 12.6. The van der Waals surface area contributed by atoms with Gasteiger partial charge >= 0.3 is 0 Å². The van der Waals surface area contributed by atoms with Crippen molar-refractivity contribution < 1.29 is 22.3 Å². The minimum atomic E-state index is -3.69. The average molecular weight is 494 g/mol. The van der Waals surface area contributed by atoms with Crippen molar-refractivity contribution in [2.75, 3.05) is 7.11 Å². The first-order valence-electron chi connectivity index (χ1n) is 9.10. The second-order valence-electron chi connectivity index (χ2n) is 6.50. The van der Waals surface area contributed by atoms with Crippen LogP contribution in [0.4, 0.5) is 4.39 Å². The number of sulfonamides is 1. The third-order valence-corrected chi connectivity index (χ3v) is 6.44. The number of hydrogen-bond acceptors (Lipinski definition) is 4. The average Bonchev–Trinajstić information content (AvgIpc) is 2.77. The molecule has 0 radical (unpaired) electrons. The van der Waals surface area contributed by atoms with Crippen LogP contribution in [-0.2, 0) is 29.8 Å². The molecule has 0 bridgehead atoms. The van der Waals surface area contributed by atoms with Crippen LogP contribution in [0.25, 0.3) is 0 Å². The highest BCUT2D eigenvalue weighted by Crippen LogP contribution is 2.27. The van der Waals surface area contributed by atoms with Gasteiger partial charge < -0.3 is 9.47 Å². The third-order valence-electron chi connectivity index (χ3n) is 4.40. The Morgan fingerprint density at radius 3 is 2.17 bits per heavy atom. The molecule has 0 atom stereocenters. The van der Waals surface area contributed by atoms with Gasteiger partial charge in [0.25, 0.3) is 0 Å². The summed E-state index contributed by atoms with van der Waals surface area (Å²) in [7, 11) is -2.07. The lowest BCUT2D eigenvalue weighted by Crippen LogP contribution is -2.23. The van der Waals surface area contributed by atoms with E-state index < -0.39 is 16.7 Å². The second kappa shape index (κ2) is 10.1. The predicted molar refractivity (Wildman–Crippen MR) is 117 cm³/mol. The summed E-state index contributed by atoms with van der Waals surface area (Å²) in [6.07, 6.45) is 0. The van der Waals surface area contributed by atoms with Gasteiger partial charge in [-0.15, -0.1) is 0 Å². The largest absolute Gasteiger partial charge is 0.497 e. The Kier molecular flexibility index (Phi) is 7.47. The molecule has 0 fully saturated rings. The molecule has 0 amide bonds. The van der Waals surface area contributed by atoms with Crippen molar-refractivity contribution in [1.82, 2.24) is 4.72 Å². The van der Waals surface area contributed by atoms with Crippen LogP contribution >= 0.6 is 15.9 Å². The molecule has 5 nitrogen and oxygen atoms in total. The molecule has 1 N–H and O–H groups in total. The van der Waals surface area contributed by atoms with E-state index in [1.807, 2.05) is 24.3 Å². The van der Waals surface area contributed by atoms with Gasteiger partial charge in [-0.3, -0.25) is 0 Å². The molecule has 0 unspecified atom stereocenters. The number of hydrogen-bond donors (Lipinski definition) is 1. The zero-order chi connectivity index (χ0) is 21.6. The quantitative estimate of drug-likeness (QED) is 0.456. The van der Waals surface area contributed by atoms with Crippen molar-refractivity contribution in [3.05, 3.63) is 87.9 Å². The van der Waals surface area contributed by atoms with E-state index in [2.05, 4.69) is 20.7 Å². The molecule has 158 valence electrons. The Morgan fingerprint density at radius 1 is 0.933 bits per heavy atom. The van der Waals surface area contributed by atoms with Gasteiger partial charge in [0.05, 0.1) is 16.5 Å². The standard InChI is InChI=1S/C22H21BrFNO4S/c1-28-19-7-2-17(3-8-19)15-29-22-11-6-18(12-21(22)23)14-25-30(26,27)20-9-4-16(13-24)5-10-20/h2-12,25H,13-15H2,1H3. The highest BCUT2D eigenvalue weighted by atomic mass is 79.9. The zero-order valence-electron chi connectivity index (χ0n) is 16.3. The number of benzene rings is 3. The first kappa shape index (κ1) is 22.3. The number of halogens is 2. The van der Waals surface area contributed by atoms with Gasteiger partial charge in [0.15, 0.2) is 0 Å². The molecule has 0 aliphatic rings. The van der Waals surface area contributed by atoms with Crippen LogP contribution < -0.4 is 14.2 Å². The molecule has 0 heterocycles. The fraction of sp³-hybridized carbons (Fsp3) is 0.182. The van der Waals surface area contributed by atoms with Crippen LogP contribution in [0.1, 0.15) is 16.7 Å². The monoisotopic (exact) mass is 493 g/mol. The lowest BCUT2D eigenvalue weighted by Gasteiger charge is -2.11. The molecular weight excluding hydrogens is 473 g/mol. The van der Waals surface area contributed by atoms with Crippen molar-refractivity contribution in [3.8, 4) is 11.5 Å². The predicted octanol–water partition coefficient (Wildman–Crippen LogP) is 4.98. The van der Waals surface area contributed by atoms with E-state index in [4.69, 9.17) is 9.47 Å². The molecule has 3 rings (SSSR count). The van der Waals surface area contributed by atoms with Crippen molar-refractivity contribution in [3.63, 3.8) is 0 Å². The highest BCUT2D eigenvalue weighted by molar-refractivity contribution is 9.10. The molecule has 3 aromatic rings. The maximum absolute atomic E-state index is 12.6. The third kappa shape index (κ3) is 5.81. The van der Waals surface area contributed by atoms with Gasteiger partial charge in [0, 0.05) is 6.54 Å². The van der Waals surface area contributed by atoms with Crippen molar-refractivity contribution in [1.29, 1.82) is 0 Å². The molecular formula is C22H21BrFNO4S. The molecule has 0 saturated heterocycles. The summed E-state index contributed by atoms with van der Waals surface area (Å²) in [5.41, 5.74) is 2.20. The Labute approximate surface area is 184 Å². The van der Waals surface area contributed by atoms with Crippen molar-refractivity contribution >= 4 is 26.0 Å². The zero-order valence-corrected chi connectivity index (χ0v) is 18.7. The molecule has 0 aliphatic heterocycles. The van der Waals surface area contributed by atoms with Gasteiger partial charge in [-0.25, -0.2) is 17.5 Å². The topological polar surface area (TPSA) is 64.6 Å². The molecule has 30 heavy (non-hydrogen) atoms. The van der Waals surface area contributed by atoms with Gasteiger partial charge in [-0.2, -0.15) is 0 Å². The van der Waals surface area contributed by atoms with Crippen LogP contribution in [0.15, 0.2) is 76.1 Å². The van der Waals surface area contributed by atoms with Crippen LogP contribution in [-0.4, -0.2) is 15.5 Å². The molecule has 0 saturated carbocycles. The number of rotatable bonds is 9. The fourth-order valence-corrected chi connectivity index (χ4v) is 4.23. The minimum Gasteiger partial charge on any atom is -0.497 e. The van der Waals surface area contributed by atoms with E-state index in [0.717, 1.165) is 21.3 Å². The van der Waals surface area contributed by atoms with Crippen LogP contribution in [0.3, 0.4) is 0 Å². The normalized spacial score (nSPS) is 11.3. The minimum absolute atomic E-state index is 0.0956. The van der Waals surface area contributed by atoms with E-state index in [1.165, 1.54) is 24.3 Å². The summed E-state index contributed by atoms with van der Waals surface area (Å²) < 4.78 is 51.7. The Hall–Kier alpha value is -2.42. The lowest BCUT2D eigenvalue weighted by molar-refractivity contribution is 0.304. The van der Waals surface area contributed by atoms with Crippen LogP contribution in [0.5, 0.6) is 11.5 Å². The summed E-state index contributed by atoms with van der Waals surface area (Å²) in [6, 6.07) is 18.7. The van der Waals surface area contributed by atoms with E-state index in [0.29, 0.717) is 17.9 Å². The summed E-state index contributed by atoms with van der Waals surface area (Å²) in [6.45, 7) is -0.122. The van der Waals surface area contributed by atoms with E-state index in [9.17, 15) is 12.8 Å². The Bertz CT molecular complexity index is 1090. The van der Waals surface area contributed by atoms with Gasteiger partial charge in [0.2, 0.25) is 10.0 Å². The SMILES string of the molecule is COc1ccc(COc2ccc(CNS(=O)(=O)c3ccc(CF)cc3)cc2Br)cc1. The molecule has 0 aromatic heterocycles. The molecule has 0 spiro atoms. The molecule has 8 heteroatoms. The number of methoxy groups -OCH3 is 1. The van der Waals surface area contributed by atoms with E-state index >= 15 is 0 Å². The summed E-state index contributed by atoms with van der Waals surface area (Å²) in [5, 5.41) is 0. The highest BCUT2D eigenvalue weighted by Gasteiger charge is 2.14. The lowest BCUT2D eigenvalue weighted by atomic mass is 10.2. The molecule has 3 aromatic carbocycles. The fourth-order valence-electron chi connectivity index (χ4n) is 2.67. The van der Waals surface area contributed by atoms with Crippen molar-refractivity contribution in [2.45, 2.75) is 24.7 Å². The smallest absolute Gasteiger partial charge is 0.240 e. The van der Waals surface area contributed by atoms with E-state index in [-0.39, 0.29) is 11.4 Å². The Balaban J connectivity index is 1.60. The van der Waals surface area contributed by atoms with Gasteiger partial charge in [-0.05, 0) is 69.0 Å². The van der Waals surface area contributed by atoms with Gasteiger partial charge in [-0.1, -0.05) is 30.3 Å². The van der Waals surface area contributed by atoms with Crippen molar-refractivity contribution in [2.24, 2.45) is 0 Å². The van der Waals surface area contributed by atoms with Gasteiger partial charge in [0.1, 0.15) is 24.8 Å². The molecule has 0 aliphatic carbocycles. The first-order valence-corrected chi connectivity index (χ1v) is 11.4. The summed E-state index contributed by atoms with van der Waals surface area (Å²) >= 11 is 3.47. The summed E-state index contributed by atoms with van der Waals surface area (Å²) in [5.74, 6) is 1.43. The van der Waals surface area contributed by atoms with E-state index in [1.54, 1.807) is 25.3 Å². The van der Waals surface area contributed by atoms with Crippen LogP contribution in [0.2, 0.25) is 0 Å². The number of ether oxygens (including phenoxy) is 2. The van der Waals surface area contributed by atoms with Crippen LogP contribution in [0, 0.1) is 0 Å². The summed E-state index contributed by atoms with van der Waals surface area (Å²) in [4.78, 5) is 0.0956. The number of alkyl halides is 1.